The van der Waals surface area contributed by atoms with Crippen LogP contribution < -0.4 is 0 Å². The molecule has 0 amide bonds. The van der Waals surface area contributed by atoms with Gasteiger partial charge in [0.05, 0.1) is 22.7 Å². The van der Waals surface area contributed by atoms with Crippen molar-refractivity contribution in [3.05, 3.63) is 29.8 Å². The van der Waals surface area contributed by atoms with Crippen LogP contribution >= 0.6 is 0 Å². The maximum absolute atomic E-state index is 12.4. The Morgan fingerprint density at radius 2 is 1.83 bits per heavy atom. The van der Waals surface area contributed by atoms with Gasteiger partial charge >= 0.3 is 0 Å². The first-order valence-corrected chi connectivity index (χ1v) is 12.7. The highest BCUT2D eigenvalue weighted by molar-refractivity contribution is 7.86. The summed E-state index contributed by atoms with van der Waals surface area (Å²) in [5, 5.41) is 0. The summed E-state index contributed by atoms with van der Waals surface area (Å²) >= 11 is 0. The molecule has 4 rings (SSSR count). The van der Waals surface area contributed by atoms with E-state index in [4.69, 9.17) is 8.92 Å². The van der Waals surface area contributed by atoms with Gasteiger partial charge in [-0.2, -0.15) is 8.42 Å². The molecule has 29 heavy (non-hydrogen) atoms. The van der Waals surface area contributed by atoms with Gasteiger partial charge < -0.3 is 4.74 Å². The Bertz CT molecular complexity index is 844. The zero-order valence-corrected chi connectivity index (χ0v) is 19.2. The smallest absolute Gasteiger partial charge is 0.296 e. The van der Waals surface area contributed by atoms with Gasteiger partial charge in [-0.25, -0.2) is 0 Å². The molecule has 2 bridgehead atoms. The van der Waals surface area contributed by atoms with Crippen LogP contribution in [0, 0.1) is 24.2 Å². The first-order chi connectivity index (χ1) is 13.6. The van der Waals surface area contributed by atoms with E-state index in [0.717, 1.165) is 18.4 Å². The highest BCUT2D eigenvalue weighted by atomic mass is 32.2. The highest BCUT2D eigenvalue weighted by Crippen LogP contribution is 2.66. The van der Waals surface area contributed by atoms with Gasteiger partial charge in [-0.3, -0.25) is 4.18 Å². The van der Waals surface area contributed by atoms with E-state index in [0.29, 0.717) is 11.8 Å². The number of hydrogen-bond donors (Lipinski definition) is 0. The number of benzene rings is 1. The monoisotopic (exact) mass is 420 g/mol. The van der Waals surface area contributed by atoms with Crippen molar-refractivity contribution in [2.75, 3.05) is 6.61 Å². The fraction of sp³-hybridized carbons (Fsp3) is 0.750. The molecule has 3 fully saturated rings. The summed E-state index contributed by atoms with van der Waals surface area (Å²) in [5.41, 5.74) is 1.22. The molecule has 1 aliphatic heterocycles. The minimum atomic E-state index is -3.68. The van der Waals surface area contributed by atoms with Crippen LogP contribution in [0.25, 0.3) is 0 Å². The zero-order chi connectivity index (χ0) is 20.9. The normalized spacial score (nSPS) is 36.0. The van der Waals surface area contributed by atoms with Crippen molar-refractivity contribution in [3.63, 3.8) is 0 Å². The molecule has 5 heteroatoms. The summed E-state index contributed by atoms with van der Waals surface area (Å²) in [6, 6.07) is 6.84. The molecule has 1 spiro atoms. The number of hydrogen-bond acceptors (Lipinski definition) is 4. The zero-order valence-electron chi connectivity index (χ0n) is 18.4. The molecule has 1 saturated heterocycles. The second-order valence-electron chi connectivity index (χ2n) is 10.4. The van der Waals surface area contributed by atoms with Crippen LogP contribution in [0.15, 0.2) is 29.2 Å². The van der Waals surface area contributed by atoms with Crippen molar-refractivity contribution in [1.29, 1.82) is 0 Å². The molecule has 0 unspecified atom stereocenters. The van der Waals surface area contributed by atoms with E-state index in [-0.39, 0.29) is 28.1 Å². The van der Waals surface area contributed by atoms with Crippen LogP contribution in [-0.2, 0) is 19.0 Å². The van der Waals surface area contributed by atoms with Gasteiger partial charge in [-0.1, -0.05) is 31.0 Å². The Kier molecular flexibility index (Phi) is 5.40. The second kappa shape index (κ2) is 7.35. The van der Waals surface area contributed by atoms with Crippen LogP contribution in [0.3, 0.4) is 0 Å². The maximum Gasteiger partial charge on any atom is 0.296 e. The molecule has 162 valence electrons. The number of ether oxygens (including phenoxy) is 1. The lowest BCUT2D eigenvalue weighted by atomic mass is 9.52. The van der Waals surface area contributed by atoms with Crippen molar-refractivity contribution in [2.45, 2.75) is 95.2 Å². The summed E-state index contributed by atoms with van der Waals surface area (Å²) in [6.07, 6.45) is 9.12. The molecule has 4 nitrogen and oxygen atoms in total. The summed E-state index contributed by atoms with van der Waals surface area (Å²) in [7, 11) is -3.68. The summed E-state index contributed by atoms with van der Waals surface area (Å²) in [6.45, 7) is 9.15. The first kappa shape index (κ1) is 21.3. The molecule has 0 N–H and O–H groups in total. The van der Waals surface area contributed by atoms with Gasteiger partial charge in [0.15, 0.2) is 0 Å². The van der Waals surface area contributed by atoms with E-state index in [1.807, 2.05) is 6.92 Å². The predicted molar refractivity (Wildman–Crippen MR) is 114 cm³/mol. The minimum absolute atomic E-state index is 0.0342. The Labute approximate surface area is 176 Å². The molecular weight excluding hydrogens is 384 g/mol. The van der Waals surface area contributed by atoms with E-state index < -0.39 is 10.1 Å². The molecule has 0 radical (unpaired) electrons. The van der Waals surface area contributed by atoms with Crippen molar-refractivity contribution in [1.82, 2.24) is 0 Å². The first-order valence-electron chi connectivity index (χ1n) is 11.2. The topological polar surface area (TPSA) is 52.6 Å². The Morgan fingerprint density at radius 1 is 1.10 bits per heavy atom. The van der Waals surface area contributed by atoms with Crippen LogP contribution in [0.5, 0.6) is 0 Å². The minimum Gasteiger partial charge on any atom is -0.368 e. The molecule has 0 aromatic heterocycles. The van der Waals surface area contributed by atoms with E-state index in [9.17, 15) is 8.42 Å². The third-order valence-electron chi connectivity index (χ3n) is 8.23. The lowest BCUT2D eigenvalue weighted by Crippen LogP contribution is -2.56. The second-order valence-corrected chi connectivity index (χ2v) is 12.0. The van der Waals surface area contributed by atoms with Gasteiger partial charge in [0.2, 0.25) is 0 Å². The largest absolute Gasteiger partial charge is 0.368 e. The lowest BCUT2D eigenvalue weighted by molar-refractivity contribution is -0.198. The standard InChI is InChI=1S/C24H36O4S/c1-18-9-11-21(12-10-18)29(25,26)27-16-6-8-19-7-5-14-23(4)15-13-20-17-24(19,23)28-22(20,2)3/h9-12,19-20H,5-8,13-17H2,1-4H3/t19-,20+,23-,24-/m0/s1. The molecule has 3 aliphatic rings. The van der Waals surface area contributed by atoms with Crippen LogP contribution in [0.4, 0.5) is 0 Å². The van der Waals surface area contributed by atoms with Crippen LogP contribution in [-0.4, -0.2) is 26.2 Å². The summed E-state index contributed by atoms with van der Waals surface area (Å²) in [5.74, 6) is 1.14. The van der Waals surface area contributed by atoms with Gasteiger partial charge in [-0.05, 0) is 95.1 Å². The molecular formula is C24H36O4S. The third-order valence-corrected chi connectivity index (χ3v) is 9.56. The SMILES string of the molecule is Cc1ccc(S(=O)(=O)OCCC[C@@H]2CCC[C@@]3(C)CC[C@@H]4C[C@]23OC4(C)C)cc1. The number of aryl methyl sites for hydroxylation is 1. The predicted octanol–water partition coefficient (Wildman–Crippen LogP) is 5.63. The van der Waals surface area contributed by atoms with E-state index in [1.165, 1.54) is 38.5 Å². The van der Waals surface area contributed by atoms with E-state index in [1.54, 1.807) is 24.3 Å². The molecule has 2 saturated carbocycles. The average Bonchev–Trinajstić information content (AvgIpc) is 2.89. The quantitative estimate of drug-likeness (QED) is 0.442. The molecule has 1 aromatic carbocycles. The van der Waals surface area contributed by atoms with Gasteiger partial charge in [-0.15, -0.1) is 0 Å². The maximum atomic E-state index is 12.4. The fourth-order valence-electron chi connectivity index (χ4n) is 6.43. The Hall–Kier alpha value is -0.910. The molecule has 2 aliphatic carbocycles. The fourth-order valence-corrected chi connectivity index (χ4v) is 7.37. The van der Waals surface area contributed by atoms with Crippen LogP contribution in [0.2, 0.25) is 0 Å². The van der Waals surface area contributed by atoms with Gasteiger partial charge in [0.25, 0.3) is 10.1 Å². The Balaban J connectivity index is 1.40. The number of fused-ring (bicyclic) bond motifs is 1. The van der Waals surface area contributed by atoms with Crippen molar-refractivity contribution >= 4 is 10.1 Å². The van der Waals surface area contributed by atoms with Crippen molar-refractivity contribution in [3.8, 4) is 0 Å². The third kappa shape index (κ3) is 3.68. The summed E-state index contributed by atoms with van der Waals surface area (Å²) in [4.78, 5) is 0.239. The molecule has 1 aromatic rings. The van der Waals surface area contributed by atoms with E-state index >= 15 is 0 Å². The highest BCUT2D eigenvalue weighted by Gasteiger charge is 2.65. The average molecular weight is 421 g/mol. The van der Waals surface area contributed by atoms with Crippen molar-refractivity contribution in [2.24, 2.45) is 17.3 Å². The van der Waals surface area contributed by atoms with Crippen molar-refractivity contribution < 1.29 is 17.3 Å². The van der Waals surface area contributed by atoms with Gasteiger partial charge in [0, 0.05) is 0 Å². The summed E-state index contributed by atoms with van der Waals surface area (Å²) < 4.78 is 37.1. The Morgan fingerprint density at radius 3 is 2.55 bits per heavy atom. The van der Waals surface area contributed by atoms with Crippen LogP contribution in [0.1, 0.15) is 77.7 Å². The number of rotatable bonds is 6. The molecule has 1 heterocycles. The van der Waals surface area contributed by atoms with E-state index in [2.05, 4.69) is 20.8 Å². The molecule has 4 atom stereocenters. The lowest BCUT2D eigenvalue weighted by Gasteiger charge is -2.56. The van der Waals surface area contributed by atoms with Gasteiger partial charge in [0.1, 0.15) is 0 Å².